The summed E-state index contributed by atoms with van der Waals surface area (Å²) < 4.78 is -3.64. The molecule has 0 heterocycles. The lowest BCUT2D eigenvalue weighted by Crippen LogP contribution is -2.19. The average Bonchev–Trinajstić information content (AvgIpc) is 2.69. The normalized spacial score (nSPS) is 12.7. The van der Waals surface area contributed by atoms with Gasteiger partial charge in [-0.2, -0.15) is 0 Å². The number of hydrogen-bond donors (Lipinski definition) is 0. The monoisotopic (exact) mass is 530 g/mol. The van der Waals surface area contributed by atoms with Crippen LogP contribution in [0.1, 0.15) is 22.3 Å². The van der Waals surface area contributed by atoms with Crippen molar-refractivity contribution in [2.45, 2.75) is 14.5 Å². The molecule has 0 aliphatic rings. The van der Waals surface area contributed by atoms with Crippen molar-refractivity contribution < 1.29 is 0 Å². The molecule has 0 bridgehead atoms. The molecule has 2 nitrogen and oxygen atoms in total. The highest BCUT2D eigenvalue weighted by atomic mass is 35.6. The number of halogens is 6. The highest BCUT2D eigenvalue weighted by molar-refractivity contribution is 6.77. The quantitative estimate of drug-likeness (QED) is 0.165. The van der Waals surface area contributed by atoms with Crippen LogP contribution in [0, 0.1) is 18.8 Å². The molecule has 0 aliphatic carbocycles. The van der Waals surface area contributed by atoms with Gasteiger partial charge in [0.25, 0.3) is 0 Å². The topological polar surface area (TPSA) is 24.7 Å². The van der Waals surface area contributed by atoms with E-state index in [2.05, 4.69) is 35.0 Å². The number of amidine groups is 1. The summed E-state index contributed by atoms with van der Waals surface area (Å²) in [5, 5.41) is 0. The van der Waals surface area contributed by atoms with Crippen molar-refractivity contribution >= 4 is 81.2 Å². The Morgan fingerprint density at radius 2 is 1.29 bits per heavy atom. The van der Waals surface area contributed by atoms with Crippen LogP contribution >= 0.6 is 69.6 Å². The van der Waals surface area contributed by atoms with Gasteiger partial charge in [0, 0.05) is 16.7 Å². The first kappa shape index (κ1) is 25.8. The van der Waals surface area contributed by atoms with E-state index < -0.39 is 7.59 Å². The summed E-state index contributed by atoms with van der Waals surface area (Å²) >= 11 is 35.4. The van der Waals surface area contributed by atoms with E-state index in [0.29, 0.717) is 5.56 Å². The largest absolute Gasteiger partial charge is 0.232 e. The summed E-state index contributed by atoms with van der Waals surface area (Å²) in [6, 6.07) is 15.1. The smallest absolute Gasteiger partial charge is 0.229 e. The van der Waals surface area contributed by atoms with Gasteiger partial charge in [-0.3, -0.25) is 0 Å². The second-order valence-electron chi connectivity index (χ2n) is 6.27. The van der Waals surface area contributed by atoms with Gasteiger partial charge in [-0.25, -0.2) is 9.98 Å². The van der Waals surface area contributed by atoms with E-state index >= 15 is 0 Å². The van der Waals surface area contributed by atoms with E-state index in [1.54, 1.807) is 12.1 Å². The van der Waals surface area contributed by atoms with Gasteiger partial charge in [-0.05, 0) is 49.4 Å². The van der Waals surface area contributed by atoms with E-state index in [4.69, 9.17) is 69.6 Å². The summed E-state index contributed by atoms with van der Waals surface area (Å²) in [7, 11) is 0. The zero-order valence-corrected chi connectivity index (χ0v) is 20.8. The van der Waals surface area contributed by atoms with Crippen LogP contribution in [0.3, 0.4) is 0 Å². The molecule has 0 saturated carbocycles. The summed E-state index contributed by atoms with van der Waals surface area (Å²) in [5.74, 6) is 6.35. The molecule has 2 aromatic carbocycles. The van der Waals surface area contributed by atoms with Crippen molar-refractivity contribution in [2.24, 2.45) is 9.98 Å². The third kappa shape index (κ3) is 8.20. The lowest BCUT2D eigenvalue weighted by molar-refractivity contribution is 1.19. The Morgan fingerprint density at radius 3 is 1.71 bits per heavy atom. The van der Waals surface area contributed by atoms with Crippen molar-refractivity contribution in [3.05, 3.63) is 95.7 Å². The predicted octanol–water partition coefficient (Wildman–Crippen LogP) is 8.02. The fraction of sp³-hybridized carbons (Fsp3) is 0.130. The number of nitrogens with zero attached hydrogens (tertiary/aromatic N) is 2. The number of hydrogen-bond acceptors (Lipinski definition) is 1. The van der Waals surface area contributed by atoms with E-state index in [0.717, 1.165) is 11.1 Å². The minimum atomic E-state index is -1.82. The Labute approximate surface area is 212 Å². The van der Waals surface area contributed by atoms with Gasteiger partial charge in [0.15, 0.2) is 5.84 Å². The number of aliphatic imine (C=N–C) groups is 2. The van der Waals surface area contributed by atoms with Crippen LogP contribution in [-0.2, 0) is 0 Å². The molecule has 0 amide bonds. The number of alkyl halides is 6. The van der Waals surface area contributed by atoms with Gasteiger partial charge >= 0.3 is 0 Å². The molecule has 160 valence electrons. The Kier molecular flexibility index (Phi) is 9.10. The first-order valence-corrected chi connectivity index (χ1v) is 11.0. The second kappa shape index (κ2) is 10.9. The van der Waals surface area contributed by atoms with Gasteiger partial charge in [0.05, 0.1) is 11.4 Å². The van der Waals surface area contributed by atoms with E-state index in [9.17, 15) is 0 Å². The van der Waals surface area contributed by atoms with Crippen molar-refractivity contribution in [1.82, 2.24) is 0 Å². The Hall–Kier alpha value is -1.44. The number of aryl methyl sites for hydroxylation is 1. The molecule has 0 aromatic heterocycles. The molecule has 8 heteroatoms. The number of benzene rings is 2. The first-order chi connectivity index (χ1) is 14.4. The molecule has 0 fully saturated rings. The summed E-state index contributed by atoms with van der Waals surface area (Å²) in [5.41, 5.74) is 3.46. The standard InChI is InChI=1S/C23H16Cl6N2/c1-4-20(23(27,28)29)31-21(30-16(3)22(24,25)26)19-13-11-18(12-14-19)10-9-17-7-5-15(2)6-8-17/h4-8,11-14H,1,3H2,2H3. The first-order valence-electron chi connectivity index (χ1n) is 8.72. The molecule has 2 aromatic rings. The molecule has 0 atom stereocenters. The molecule has 0 N–H and O–H groups in total. The minimum absolute atomic E-state index is 0.0489. The molecule has 31 heavy (non-hydrogen) atoms. The third-order valence-corrected chi connectivity index (χ3v) is 5.06. The van der Waals surface area contributed by atoms with Gasteiger partial charge in [0.1, 0.15) is 0 Å². The van der Waals surface area contributed by atoms with Crippen LogP contribution in [0.25, 0.3) is 0 Å². The molecule has 2 rings (SSSR count). The molecule has 0 unspecified atom stereocenters. The van der Waals surface area contributed by atoms with E-state index in [1.165, 1.54) is 11.6 Å². The van der Waals surface area contributed by atoms with Crippen LogP contribution in [0.5, 0.6) is 0 Å². The summed E-state index contributed by atoms with van der Waals surface area (Å²) in [6.45, 7) is 9.31. The second-order valence-corrected chi connectivity index (χ2v) is 10.8. The fourth-order valence-electron chi connectivity index (χ4n) is 2.17. The number of allylic oxidation sites excluding steroid dienone is 2. The highest BCUT2D eigenvalue weighted by Gasteiger charge is 2.28. The van der Waals surface area contributed by atoms with Gasteiger partial charge in [0.2, 0.25) is 7.59 Å². The summed E-state index contributed by atoms with van der Waals surface area (Å²) in [4.78, 5) is 8.53. The predicted molar refractivity (Wildman–Crippen MR) is 137 cm³/mol. The Balaban J connectivity index is 2.44. The average molecular weight is 533 g/mol. The van der Waals surface area contributed by atoms with Crippen LogP contribution < -0.4 is 0 Å². The molecule has 0 radical (unpaired) electrons. The maximum absolute atomic E-state index is 5.95. The van der Waals surface area contributed by atoms with Crippen molar-refractivity contribution in [3.8, 4) is 11.8 Å². The van der Waals surface area contributed by atoms with Crippen LogP contribution in [0.15, 0.2) is 83.4 Å². The molecule has 0 spiro atoms. The van der Waals surface area contributed by atoms with Crippen molar-refractivity contribution in [3.63, 3.8) is 0 Å². The molecular formula is C23H16Cl6N2. The van der Waals surface area contributed by atoms with Crippen molar-refractivity contribution in [1.29, 1.82) is 0 Å². The van der Waals surface area contributed by atoms with E-state index in [-0.39, 0.29) is 17.2 Å². The lowest BCUT2D eigenvalue weighted by Gasteiger charge is -2.14. The van der Waals surface area contributed by atoms with Gasteiger partial charge in [-0.15, -0.1) is 0 Å². The fourth-order valence-corrected chi connectivity index (χ4v) is 2.65. The zero-order valence-electron chi connectivity index (χ0n) is 16.3. The Bertz CT molecular complexity index is 1070. The maximum Gasteiger partial charge on any atom is 0.232 e. The van der Waals surface area contributed by atoms with Crippen LogP contribution in [-0.4, -0.2) is 19.1 Å². The SMILES string of the molecule is C=CC(=NC(=NC(=C)C(Cl)(Cl)Cl)c1ccc(C#Cc2ccc(C)cc2)cc1)C(Cl)(Cl)Cl. The Morgan fingerprint density at radius 1 is 0.806 bits per heavy atom. The summed E-state index contributed by atoms with van der Waals surface area (Å²) in [6.07, 6.45) is 1.31. The van der Waals surface area contributed by atoms with E-state index in [1.807, 2.05) is 43.3 Å². The highest BCUT2D eigenvalue weighted by Crippen LogP contribution is 2.35. The van der Waals surface area contributed by atoms with Crippen LogP contribution in [0.2, 0.25) is 0 Å². The molecule has 0 saturated heterocycles. The van der Waals surface area contributed by atoms with Gasteiger partial charge < -0.3 is 0 Å². The minimum Gasteiger partial charge on any atom is -0.229 e. The van der Waals surface area contributed by atoms with Crippen molar-refractivity contribution in [2.75, 3.05) is 0 Å². The van der Waals surface area contributed by atoms with Gasteiger partial charge in [-0.1, -0.05) is 112 Å². The maximum atomic E-state index is 5.95. The zero-order chi connectivity index (χ0) is 23.2. The third-order valence-electron chi connectivity index (χ3n) is 3.82. The molecular weight excluding hydrogens is 517 g/mol. The lowest BCUT2D eigenvalue weighted by atomic mass is 10.1. The van der Waals surface area contributed by atoms with Crippen LogP contribution in [0.4, 0.5) is 0 Å². The molecule has 0 aliphatic heterocycles. The number of rotatable bonds is 3.